The number of aromatic hydroxyl groups is 1. The van der Waals surface area contributed by atoms with Gasteiger partial charge in [0.15, 0.2) is 0 Å². The standard InChI is InChI=1S/C21H28N2O3/c1-16-22-11-12-23(16)13-14-26-20(24)15-18-9-6-10-19(21(18)25)17-7-4-2-3-5-8-17/h6,9-12,17,25H,2-5,7-8,13-15H2,1H3. The fourth-order valence-electron chi connectivity index (χ4n) is 3.78. The largest absolute Gasteiger partial charge is 0.507 e. The third-order valence-electron chi connectivity index (χ3n) is 5.30. The molecule has 5 heteroatoms. The number of carbonyl (C=O) groups is 1. The Morgan fingerprint density at radius 2 is 2.04 bits per heavy atom. The Morgan fingerprint density at radius 3 is 2.73 bits per heavy atom. The molecule has 0 aliphatic heterocycles. The lowest BCUT2D eigenvalue weighted by atomic mass is 9.89. The Bertz CT molecular complexity index is 731. The van der Waals surface area contributed by atoms with Crippen LogP contribution in [0.2, 0.25) is 0 Å². The van der Waals surface area contributed by atoms with E-state index in [0.717, 1.165) is 24.2 Å². The van der Waals surface area contributed by atoms with Gasteiger partial charge >= 0.3 is 5.97 Å². The molecule has 1 saturated carbocycles. The molecular formula is C21H28N2O3. The number of nitrogens with zero attached hydrogens (tertiary/aromatic N) is 2. The minimum Gasteiger partial charge on any atom is -0.507 e. The molecule has 0 bridgehead atoms. The van der Waals surface area contributed by atoms with Gasteiger partial charge in [-0.15, -0.1) is 0 Å². The first-order chi connectivity index (χ1) is 12.6. The number of carbonyl (C=O) groups excluding carboxylic acids is 1. The van der Waals surface area contributed by atoms with E-state index >= 15 is 0 Å². The van der Waals surface area contributed by atoms with Crippen molar-refractivity contribution in [3.63, 3.8) is 0 Å². The van der Waals surface area contributed by atoms with E-state index in [1.807, 2.05) is 35.9 Å². The molecule has 26 heavy (non-hydrogen) atoms. The van der Waals surface area contributed by atoms with Crippen molar-refractivity contribution in [1.82, 2.24) is 9.55 Å². The van der Waals surface area contributed by atoms with E-state index in [0.29, 0.717) is 24.6 Å². The van der Waals surface area contributed by atoms with E-state index in [-0.39, 0.29) is 18.1 Å². The van der Waals surface area contributed by atoms with Crippen molar-refractivity contribution in [2.75, 3.05) is 6.61 Å². The molecule has 2 aromatic rings. The molecule has 0 radical (unpaired) electrons. The lowest BCUT2D eigenvalue weighted by Gasteiger charge is -2.18. The molecule has 0 unspecified atom stereocenters. The van der Waals surface area contributed by atoms with Crippen LogP contribution in [0, 0.1) is 6.92 Å². The van der Waals surface area contributed by atoms with Crippen LogP contribution in [0.1, 0.15) is 61.4 Å². The molecule has 5 nitrogen and oxygen atoms in total. The van der Waals surface area contributed by atoms with Crippen molar-refractivity contribution in [3.8, 4) is 5.75 Å². The number of esters is 1. The van der Waals surface area contributed by atoms with Gasteiger partial charge in [-0.2, -0.15) is 0 Å². The summed E-state index contributed by atoms with van der Waals surface area (Å²) in [7, 11) is 0. The Balaban J connectivity index is 1.57. The van der Waals surface area contributed by atoms with Gasteiger partial charge in [0, 0.05) is 18.0 Å². The van der Waals surface area contributed by atoms with E-state index < -0.39 is 0 Å². The predicted octanol–water partition coefficient (Wildman–Crippen LogP) is 4.12. The first kappa shape index (κ1) is 18.5. The number of rotatable bonds is 6. The fraction of sp³-hybridized carbons (Fsp3) is 0.524. The SMILES string of the molecule is Cc1nccn1CCOC(=O)Cc1cccc(C2CCCCCC2)c1O. The summed E-state index contributed by atoms with van der Waals surface area (Å²) in [5, 5.41) is 10.7. The van der Waals surface area contributed by atoms with Gasteiger partial charge in [-0.3, -0.25) is 4.79 Å². The summed E-state index contributed by atoms with van der Waals surface area (Å²) in [4.78, 5) is 16.3. The molecule has 1 aliphatic rings. The van der Waals surface area contributed by atoms with Crippen molar-refractivity contribution in [1.29, 1.82) is 0 Å². The Kier molecular flexibility index (Phi) is 6.31. The van der Waals surface area contributed by atoms with Gasteiger partial charge in [0.2, 0.25) is 0 Å². The zero-order valence-corrected chi connectivity index (χ0v) is 15.5. The van der Waals surface area contributed by atoms with Crippen LogP contribution in [-0.2, 0) is 22.5 Å². The Hall–Kier alpha value is -2.30. The summed E-state index contributed by atoms with van der Waals surface area (Å²) in [5.41, 5.74) is 1.65. The molecule has 1 aromatic heterocycles. The minimum atomic E-state index is -0.309. The van der Waals surface area contributed by atoms with Gasteiger partial charge in [0.1, 0.15) is 18.2 Å². The average Bonchev–Trinajstić information content (AvgIpc) is 2.86. The molecule has 3 rings (SSSR count). The van der Waals surface area contributed by atoms with Gasteiger partial charge in [-0.25, -0.2) is 4.98 Å². The highest BCUT2D eigenvalue weighted by Gasteiger charge is 2.20. The molecule has 1 fully saturated rings. The zero-order valence-electron chi connectivity index (χ0n) is 15.5. The van der Waals surface area contributed by atoms with Crippen LogP contribution in [0.25, 0.3) is 0 Å². The van der Waals surface area contributed by atoms with Crippen LogP contribution < -0.4 is 0 Å². The third kappa shape index (κ3) is 4.65. The normalized spacial score (nSPS) is 15.6. The monoisotopic (exact) mass is 356 g/mol. The molecule has 140 valence electrons. The topological polar surface area (TPSA) is 64.4 Å². The number of hydrogen-bond donors (Lipinski definition) is 1. The van der Waals surface area contributed by atoms with Gasteiger partial charge in [-0.05, 0) is 31.2 Å². The summed E-state index contributed by atoms with van der Waals surface area (Å²) in [6, 6.07) is 5.76. The zero-order chi connectivity index (χ0) is 18.4. The number of para-hydroxylation sites is 1. The average molecular weight is 356 g/mol. The van der Waals surface area contributed by atoms with E-state index in [2.05, 4.69) is 4.98 Å². The highest BCUT2D eigenvalue weighted by Crippen LogP contribution is 2.37. The lowest BCUT2D eigenvalue weighted by molar-refractivity contribution is -0.143. The second kappa shape index (κ2) is 8.88. The number of ether oxygens (including phenoxy) is 1. The van der Waals surface area contributed by atoms with Crippen LogP contribution in [0.4, 0.5) is 0 Å². The fourth-order valence-corrected chi connectivity index (χ4v) is 3.78. The highest BCUT2D eigenvalue weighted by atomic mass is 16.5. The molecule has 0 spiro atoms. The number of phenols is 1. The maximum Gasteiger partial charge on any atom is 0.310 e. The summed E-state index contributed by atoms with van der Waals surface area (Å²) in [5.74, 6) is 1.27. The molecule has 1 aromatic carbocycles. The van der Waals surface area contributed by atoms with E-state index in [4.69, 9.17) is 4.74 Å². The summed E-state index contributed by atoms with van der Waals surface area (Å²) >= 11 is 0. The van der Waals surface area contributed by atoms with Crippen molar-refractivity contribution < 1.29 is 14.6 Å². The van der Waals surface area contributed by atoms with Gasteiger partial charge in [0.05, 0.1) is 13.0 Å². The molecule has 0 atom stereocenters. The van der Waals surface area contributed by atoms with Crippen LogP contribution in [-0.4, -0.2) is 27.2 Å². The van der Waals surface area contributed by atoms with E-state index in [1.165, 1.54) is 25.7 Å². The lowest BCUT2D eigenvalue weighted by Crippen LogP contribution is -2.14. The van der Waals surface area contributed by atoms with Crippen LogP contribution in [0.5, 0.6) is 5.75 Å². The number of aromatic nitrogens is 2. The number of benzene rings is 1. The molecule has 1 aliphatic carbocycles. The molecule has 1 N–H and O–H groups in total. The highest BCUT2D eigenvalue weighted by molar-refractivity contribution is 5.73. The molecule has 0 amide bonds. The second-order valence-corrected chi connectivity index (χ2v) is 7.11. The first-order valence-corrected chi connectivity index (χ1v) is 9.59. The van der Waals surface area contributed by atoms with Crippen molar-refractivity contribution in [2.45, 2.75) is 64.3 Å². The van der Waals surface area contributed by atoms with Crippen LogP contribution >= 0.6 is 0 Å². The van der Waals surface area contributed by atoms with Crippen molar-refractivity contribution in [2.24, 2.45) is 0 Å². The first-order valence-electron chi connectivity index (χ1n) is 9.59. The maximum absolute atomic E-state index is 12.2. The minimum absolute atomic E-state index is 0.106. The van der Waals surface area contributed by atoms with Gasteiger partial charge < -0.3 is 14.4 Å². The second-order valence-electron chi connectivity index (χ2n) is 7.11. The molecular weight excluding hydrogens is 328 g/mol. The van der Waals surface area contributed by atoms with Crippen LogP contribution in [0.3, 0.4) is 0 Å². The quantitative estimate of drug-likeness (QED) is 0.625. The number of aryl methyl sites for hydroxylation is 1. The third-order valence-corrected chi connectivity index (χ3v) is 5.30. The number of imidazole rings is 1. The van der Waals surface area contributed by atoms with E-state index in [9.17, 15) is 9.90 Å². The summed E-state index contributed by atoms with van der Waals surface area (Å²) in [6.07, 6.45) is 10.9. The van der Waals surface area contributed by atoms with E-state index in [1.54, 1.807) is 6.20 Å². The number of phenolic OH excluding ortho intramolecular Hbond substituents is 1. The Labute approximate surface area is 155 Å². The van der Waals surface area contributed by atoms with Gasteiger partial charge in [0.25, 0.3) is 0 Å². The summed E-state index contributed by atoms with van der Waals surface area (Å²) < 4.78 is 7.28. The Morgan fingerprint density at radius 1 is 1.27 bits per heavy atom. The van der Waals surface area contributed by atoms with Crippen LogP contribution in [0.15, 0.2) is 30.6 Å². The predicted molar refractivity (Wildman–Crippen MR) is 100 cm³/mol. The molecule has 0 saturated heterocycles. The van der Waals surface area contributed by atoms with Gasteiger partial charge in [-0.1, -0.05) is 43.9 Å². The van der Waals surface area contributed by atoms with Crippen molar-refractivity contribution in [3.05, 3.63) is 47.5 Å². The smallest absolute Gasteiger partial charge is 0.310 e. The maximum atomic E-state index is 12.2. The van der Waals surface area contributed by atoms with Crippen molar-refractivity contribution >= 4 is 5.97 Å². The number of hydrogen-bond acceptors (Lipinski definition) is 4. The molecule has 1 heterocycles. The summed E-state index contributed by atoms with van der Waals surface area (Å²) in [6.45, 7) is 2.81.